The van der Waals surface area contributed by atoms with Crippen molar-refractivity contribution in [1.29, 1.82) is 0 Å². The van der Waals surface area contributed by atoms with Crippen molar-refractivity contribution in [1.82, 2.24) is 0 Å². The zero-order chi connectivity index (χ0) is 14.0. The highest BCUT2D eigenvalue weighted by atomic mass is 35.5. The summed E-state index contributed by atoms with van der Waals surface area (Å²) >= 11 is 5.55. The van der Waals surface area contributed by atoms with Crippen LogP contribution < -0.4 is 0 Å². The first-order chi connectivity index (χ1) is 8.14. The molecule has 0 aliphatic carbocycles. The lowest BCUT2D eigenvalue weighted by molar-refractivity contribution is -0.281. The summed E-state index contributed by atoms with van der Waals surface area (Å²) < 4.78 is 64.3. The van der Waals surface area contributed by atoms with Gasteiger partial charge in [-0.2, -0.15) is 22.0 Å². The quantitative estimate of drug-likeness (QED) is 0.628. The van der Waals surface area contributed by atoms with Gasteiger partial charge in [0.2, 0.25) is 0 Å². The van der Waals surface area contributed by atoms with Crippen molar-refractivity contribution in [2.24, 2.45) is 0 Å². The molecule has 0 fully saturated rings. The summed E-state index contributed by atoms with van der Waals surface area (Å²) in [5.74, 6) is -8.17. The molecule has 0 saturated heterocycles. The third kappa shape index (κ3) is 3.32. The first-order valence-corrected chi connectivity index (χ1v) is 4.88. The number of rotatable bonds is 3. The molecule has 8 heteroatoms. The van der Waals surface area contributed by atoms with Crippen molar-refractivity contribution in [3.05, 3.63) is 34.9 Å². The predicted octanol–water partition coefficient (Wildman–Crippen LogP) is 3.58. The Labute approximate surface area is 103 Å². The van der Waals surface area contributed by atoms with Gasteiger partial charge < -0.3 is 4.74 Å². The summed E-state index contributed by atoms with van der Waals surface area (Å²) in [6, 6.07) is 5.55. The van der Waals surface area contributed by atoms with Crippen LogP contribution in [-0.4, -0.2) is 18.1 Å². The topological polar surface area (TPSA) is 26.3 Å². The van der Waals surface area contributed by atoms with Crippen LogP contribution in [-0.2, 0) is 16.1 Å². The Hall–Kier alpha value is -1.37. The van der Waals surface area contributed by atoms with Crippen molar-refractivity contribution >= 4 is 17.6 Å². The summed E-state index contributed by atoms with van der Waals surface area (Å²) in [6.07, 6.45) is -5.97. The minimum atomic E-state index is -5.97. The van der Waals surface area contributed by atoms with Gasteiger partial charge in [-0.1, -0.05) is 23.7 Å². The van der Waals surface area contributed by atoms with Crippen molar-refractivity contribution in [2.45, 2.75) is 18.7 Å². The third-order valence-corrected chi connectivity index (χ3v) is 2.11. The number of carbonyl (C=O) groups excluding carboxylic acids is 1. The second-order valence-corrected chi connectivity index (χ2v) is 3.71. The van der Waals surface area contributed by atoms with Gasteiger partial charge in [-0.3, -0.25) is 0 Å². The lowest BCUT2D eigenvalue weighted by Gasteiger charge is -2.17. The van der Waals surface area contributed by atoms with Crippen LogP contribution in [0.3, 0.4) is 0 Å². The first-order valence-electron chi connectivity index (χ1n) is 4.51. The molecule has 0 heterocycles. The maximum Gasteiger partial charge on any atom is 0.465 e. The molecular weight excluding hydrogens is 283 g/mol. The summed E-state index contributed by atoms with van der Waals surface area (Å²) in [4.78, 5) is 10.6. The fraction of sp³-hybridized carbons (Fsp3) is 0.300. The molecule has 0 radical (unpaired) electrons. The van der Waals surface area contributed by atoms with E-state index in [1.807, 2.05) is 0 Å². The average Bonchev–Trinajstić information content (AvgIpc) is 2.24. The molecular formula is C10H6ClF5O2. The van der Waals surface area contributed by atoms with Crippen LogP contribution >= 0.6 is 11.6 Å². The Morgan fingerprint density at radius 1 is 1.22 bits per heavy atom. The van der Waals surface area contributed by atoms with Gasteiger partial charge in [0.15, 0.2) is 0 Å². The average molecular weight is 289 g/mol. The number of alkyl halides is 5. The zero-order valence-electron chi connectivity index (χ0n) is 8.60. The molecule has 18 heavy (non-hydrogen) atoms. The second kappa shape index (κ2) is 5.09. The van der Waals surface area contributed by atoms with E-state index in [-0.39, 0.29) is 10.6 Å². The molecule has 0 amide bonds. The van der Waals surface area contributed by atoms with Crippen LogP contribution in [0.1, 0.15) is 5.56 Å². The maximum absolute atomic E-state index is 12.5. The predicted molar refractivity (Wildman–Crippen MR) is 52.3 cm³/mol. The second-order valence-electron chi connectivity index (χ2n) is 3.28. The molecule has 0 bridgehead atoms. The Morgan fingerprint density at radius 2 is 1.83 bits per heavy atom. The lowest BCUT2D eigenvalue weighted by Crippen LogP contribution is -2.45. The largest absolute Gasteiger partial charge is 0.465 e. The van der Waals surface area contributed by atoms with E-state index in [1.165, 1.54) is 24.3 Å². The summed E-state index contributed by atoms with van der Waals surface area (Å²) in [5, 5.41) is 0.242. The Morgan fingerprint density at radius 3 is 2.33 bits per heavy atom. The molecule has 0 aliphatic heterocycles. The first kappa shape index (κ1) is 14.7. The van der Waals surface area contributed by atoms with Gasteiger partial charge in [-0.15, -0.1) is 0 Å². The number of hydrogen-bond donors (Lipinski definition) is 0. The molecule has 0 spiro atoms. The Kier molecular flexibility index (Phi) is 4.16. The van der Waals surface area contributed by atoms with Gasteiger partial charge in [0.1, 0.15) is 6.61 Å². The summed E-state index contributed by atoms with van der Waals surface area (Å²) in [7, 11) is 0. The van der Waals surface area contributed by atoms with Gasteiger partial charge in [-0.25, -0.2) is 4.79 Å². The molecule has 0 N–H and O–H groups in total. The van der Waals surface area contributed by atoms with Gasteiger partial charge in [0.05, 0.1) is 0 Å². The number of benzene rings is 1. The number of esters is 1. The summed E-state index contributed by atoms with van der Waals surface area (Å²) in [5.41, 5.74) is 0.203. The van der Waals surface area contributed by atoms with Gasteiger partial charge in [0.25, 0.3) is 0 Å². The normalized spacial score (nSPS) is 12.3. The van der Waals surface area contributed by atoms with Crippen LogP contribution in [0.25, 0.3) is 0 Å². The van der Waals surface area contributed by atoms with Crippen LogP contribution in [0.5, 0.6) is 0 Å². The highest BCUT2D eigenvalue weighted by Gasteiger charge is 2.64. The molecule has 1 aromatic carbocycles. The van der Waals surface area contributed by atoms with Gasteiger partial charge in [0, 0.05) is 5.02 Å². The highest BCUT2D eigenvalue weighted by molar-refractivity contribution is 6.30. The van der Waals surface area contributed by atoms with E-state index in [0.717, 1.165) is 0 Å². The fourth-order valence-electron chi connectivity index (χ4n) is 0.982. The SMILES string of the molecule is O=C(OCc1cccc(Cl)c1)C(F)(F)C(F)(F)F. The molecule has 0 unspecified atom stereocenters. The fourth-order valence-corrected chi connectivity index (χ4v) is 1.19. The van der Waals surface area contributed by atoms with Gasteiger partial charge in [-0.05, 0) is 17.7 Å². The summed E-state index contributed by atoms with van der Waals surface area (Å²) in [6.45, 7) is -0.717. The Balaban J connectivity index is 2.67. The highest BCUT2D eigenvalue weighted by Crippen LogP contribution is 2.36. The molecule has 0 aliphatic rings. The third-order valence-electron chi connectivity index (χ3n) is 1.87. The number of carbonyl (C=O) groups is 1. The van der Waals surface area contributed by atoms with Gasteiger partial charge >= 0.3 is 18.1 Å². The molecule has 0 saturated carbocycles. The molecule has 1 rings (SSSR count). The molecule has 100 valence electrons. The minimum Gasteiger partial charge on any atom is -0.456 e. The van der Waals surface area contributed by atoms with E-state index in [9.17, 15) is 26.7 Å². The van der Waals surface area contributed by atoms with E-state index in [4.69, 9.17) is 11.6 Å². The van der Waals surface area contributed by atoms with Crippen molar-refractivity contribution in [3.8, 4) is 0 Å². The molecule has 1 aromatic rings. The van der Waals surface area contributed by atoms with E-state index >= 15 is 0 Å². The monoisotopic (exact) mass is 288 g/mol. The molecule has 0 atom stereocenters. The van der Waals surface area contributed by atoms with E-state index in [1.54, 1.807) is 0 Å². The molecule has 2 nitrogen and oxygen atoms in total. The van der Waals surface area contributed by atoms with E-state index < -0.39 is 24.7 Å². The van der Waals surface area contributed by atoms with Crippen LogP contribution in [0.2, 0.25) is 5.02 Å². The smallest absolute Gasteiger partial charge is 0.456 e. The van der Waals surface area contributed by atoms with Crippen molar-refractivity contribution in [2.75, 3.05) is 0 Å². The zero-order valence-corrected chi connectivity index (χ0v) is 9.36. The van der Waals surface area contributed by atoms with E-state index in [0.29, 0.717) is 0 Å². The van der Waals surface area contributed by atoms with Crippen LogP contribution in [0.15, 0.2) is 24.3 Å². The lowest BCUT2D eigenvalue weighted by atomic mass is 10.2. The van der Waals surface area contributed by atoms with Crippen LogP contribution in [0.4, 0.5) is 22.0 Å². The standard InChI is InChI=1S/C10H6ClF5O2/c11-7-3-1-2-6(4-7)5-18-8(17)9(12,13)10(14,15)16/h1-4H,5H2. The maximum atomic E-state index is 12.5. The van der Waals surface area contributed by atoms with E-state index in [2.05, 4.69) is 4.74 Å². The number of hydrogen-bond acceptors (Lipinski definition) is 2. The Bertz CT molecular complexity index is 444. The molecule has 0 aromatic heterocycles. The van der Waals surface area contributed by atoms with Crippen molar-refractivity contribution in [3.63, 3.8) is 0 Å². The van der Waals surface area contributed by atoms with Crippen LogP contribution in [0, 0.1) is 0 Å². The number of ether oxygens (including phenoxy) is 1. The number of halogens is 6. The van der Waals surface area contributed by atoms with Crippen molar-refractivity contribution < 1.29 is 31.5 Å². The minimum absolute atomic E-state index is 0.203.